The van der Waals surface area contributed by atoms with Gasteiger partial charge in [0.2, 0.25) is 0 Å². The van der Waals surface area contributed by atoms with Gasteiger partial charge >= 0.3 is 0 Å². The highest BCUT2D eigenvalue weighted by Gasteiger charge is 2.07. The van der Waals surface area contributed by atoms with Crippen LogP contribution < -0.4 is 5.56 Å². The number of nitrogens with one attached hydrogen (secondary N) is 1. The van der Waals surface area contributed by atoms with E-state index in [9.17, 15) is 4.79 Å². The summed E-state index contributed by atoms with van der Waals surface area (Å²) in [7, 11) is 0. The largest absolute Gasteiger partial charge is 0.282 e. The number of aromatic nitrogens is 2. The average Bonchev–Trinajstić information content (AvgIpc) is 2.54. The van der Waals surface area contributed by atoms with Gasteiger partial charge in [0.05, 0.1) is 5.69 Å². The molecule has 0 unspecified atom stereocenters. The molecule has 22 heavy (non-hydrogen) atoms. The number of rotatable bonds is 2. The summed E-state index contributed by atoms with van der Waals surface area (Å²) >= 11 is 0. The Labute approximate surface area is 127 Å². The number of fused-ring (bicyclic) bond motifs is 1. The van der Waals surface area contributed by atoms with Crippen LogP contribution in [0.15, 0.2) is 47.3 Å². The van der Waals surface area contributed by atoms with E-state index in [1.165, 1.54) is 0 Å². The minimum absolute atomic E-state index is 0.104. The van der Waals surface area contributed by atoms with Crippen LogP contribution in [0, 0.1) is 18.3 Å². The predicted octanol–water partition coefficient (Wildman–Crippen LogP) is 3.27. The van der Waals surface area contributed by atoms with E-state index in [0.29, 0.717) is 11.3 Å². The topological polar surface area (TPSA) is 69.5 Å². The third-order valence-corrected chi connectivity index (χ3v) is 3.62. The smallest absolute Gasteiger partial charge is 0.267 e. The van der Waals surface area contributed by atoms with Gasteiger partial charge in [-0.15, -0.1) is 0 Å². The van der Waals surface area contributed by atoms with Crippen LogP contribution in [0.5, 0.6) is 0 Å². The maximum atomic E-state index is 11.5. The van der Waals surface area contributed by atoms with Crippen LogP contribution in [0.3, 0.4) is 0 Å². The molecule has 0 atom stereocenters. The zero-order chi connectivity index (χ0) is 15.5. The molecule has 106 valence electrons. The monoisotopic (exact) mass is 287 g/mol. The second-order valence-electron chi connectivity index (χ2n) is 4.95. The lowest BCUT2D eigenvalue weighted by Crippen LogP contribution is -2.15. The third-order valence-electron chi connectivity index (χ3n) is 3.62. The Morgan fingerprint density at radius 1 is 1.14 bits per heavy atom. The van der Waals surface area contributed by atoms with E-state index >= 15 is 0 Å². The molecule has 4 nitrogen and oxygen atoms in total. The van der Waals surface area contributed by atoms with Crippen LogP contribution in [-0.2, 0) is 0 Å². The van der Waals surface area contributed by atoms with Crippen molar-refractivity contribution in [2.45, 2.75) is 6.92 Å². The van der Waals surface area contributed by atoms with Crippen LogP contribution >= 0.6 is 0 Å². The first-order valence-corrected chi connectivity index (χ1v) is 6.86. The summed E-state index contributed by atoms with van der Waals surface area (Å²) in [5.41, 5.74) is 1.88. The fraction of sp³-hybridized carbons (Fsp3) is 0.0556. The highest BCUT2D eigenvalue weighted by molar-refractivity contribution is 5.92. The Hall–Kier alpha value is -3.19. The molecule has 0 saturated heterocycles. The molecule has 0 radical (unpaired) electrons. The number of nitrogens with zero attached hydrogens (tertiary/aromatic N) is 2. The molecule has 0 saturated carbocycles. The lowest BCUT2D eigenvalue weighted by molar-refractivity contribution is 0.952. The third kappa shape index (κ3) is 2.40. The molecule has 0 aliphatic heterocycles. The van der Waals surface area contributed by atoms with Gasteiger partial charge in [0.1, 0.15) is 11.6 Å². The van der Waals surface area contributed by atoms with Gasteiger partial charge in [-0.2, -0.15) is 10.4 Å². The van der Waals surface area contributed by atoms with E-state index < -0.39 is 5.56 Å². The van der Waals surface area contributed by atoms with Crippen LogP contribution in [0.25, 0.3) is 22.9 Å². The molecule has 1 aromatic heterocycles. The molecule has 4 heteroatoms. The second-order valence-corrected chi connectivity index (χ2v) is 4.95. The van der Waals surface area contributed by atoms with Gasteiger partial charge in [-0.05, 0) is 34.9 Å². The van der Waals surface area contributed by atoms with Gasteiger partial charge in [0.25, 0.3) is 5.56 Å². The Morgan fingerprint density at radius 3 is 2.73 bits per heavy atom. The summed E-state index contributed by atoms with van der Waals surface area (Å²) in [5, 5.41) is 17.7. The van der Waals surface area contributed by atoms with Crippen molar-refractivity contribution >= 4 is 22.9 Å². The van der Waals surface area contributed by atoms with E-state index in [2.05, 4.69) is 28.4 Å². The van der Waals surface area contributed by atoms with Crippen molar-refractivity contribution in [2.24, 2.45) is 0 Å². The normalized spacial score (nSPS) is 10.9. The standard InChI is InChI=1S/C18H13N3O/c1-12-16(11-19)18(22)21-20-17(12)10-9-14-7-4-6-13-5-2-3-8-15(13)14/h2-10H,1H3,(H,21,22)/b10-9+. The maximum absolute atomic E-state index is 11.5. The lowest BCUT2D eigenvalue weighted by atomic mass is 10.0. The summed E-state index contributed by atoms with van der Waals surface area (Å²) in [4.78, 5) is 11.5. The molecule has 0 spiro atoms. The molecule has 3 aromatic rings. The molecular weight excluding hydrogens is 274 g/mol. The van der Waals surface area contributed by atoms with Crippen molar-refractivity contribution in [2.75, 3.05) is 0 Å². The van der Waals surface area contributed by atoms with Crippen LogP contribution in [-0.4, -0.2) is 10.2 Å². The van der Waals surface area contributed by atoms with Crippen molar-refractivity contribution in [3.8, 4) is 6.07 Å². The van der Waals surface area contributed by atoms with Crippen molar-refractivity contribution in [3.05, 3.63) is 75.2 Å². The molecule has 2 aromatic carbocycles. The number of nitriles is 1. The van der Waals surface area contributed by atoms with Gasteiger partial charge in [0.15, 0.2) is 0 Å². The molecule has 0 amide bonds. The van der Waals surface area contributed by atoms with Gasteiger partial charge < -0.3 is 0 Å². The van der Waals surface area contributed by atoms with Crippen LogP contribution in [0.1, 0.15) is 22.4 Å². The first kappa shape index (κ1) is 13.8. The van der Waals surface area contributed by atoms with Crippen molar-refractivity contribution in [1.29, 1.82) is 5.26 Å². The minimum atomic E-state index is -0.456. The molecule has 3 rings (SSSR count). The predicted molar refractivity (Wildman–Crippen MR) is 87.2 cm³/mol. The summed E-state index contributed by atoms with van der Waals surface area (Å²) in [6, 6.07) is 16.1. The van der Waals surface area contributed by atoms with Gasteiger partial charge in [0, 0.05) is 0 Å². The second kappa shape index (κ2) is 5.66. The first-order chi connectivity index (χ1) is 10.7. The van der Waals surface area contributed by atoms with Crippen molar-refractivity contribution in [1.82, 2.24) is 10.2 Å². The minimum Gasteiger partial charge on any atom is -0.267 e. The Morgan fingerprint density at radius 2 is 1.91 bits per heavy atom. The molecule has 0 aliphatic rings. The summed E-state index contributed by atoms with van der Waals surface area (Å²) in [6.07, 6.45) is 3.75. The number of benzene rings is 2. The molecule has 0 fully saturated rings. The van der Waals surface area contributed by atoms with Gasteiger partial charge in [-0.25, -0.2) is 5.10 Å². The number of aromatic amines is 1. The molecular formula is C18H13N3O. The summed E-state index contributed by atoms with van der Waals surface area (Å²) < 4.78 is 0. The van der Waals surface area contributed by atoms with Gasteiger partial charge in [-0.3, -0.25) is 4.79 Å². The van der Waals surface area contributed by atoms with E-state index in [0.717, 1.165) is 16.3 Å². The van der Waals surface area contributed by atoms with E-state index in [4.69, 9.17) is 5.26 Å². The molecule has 0 aliphatic carbocycles. The van der Waals surface area contributed by atoms with Crippen molar-refractivity contribution in [3.63, 3.8) is 0 Å². The maximum Gasteiger partial charge on any atom is 0.282 e. The first-order valence-electron chi connectivity index (χ1n) is 6.86. The fourth-order valence-corrected chi connectivity index (χ4v) is 2.41. The zero-order valence-corrected chi connectivity index (χ0v) is 12.0. The lowest BCUT2D eigenvalue weighted by Gasteiger charge is -2.03. The number of H-pyrrole nitrogens is 1. The van der Waals surface area contributed by atoms with E-state index in [1.54, 1.807) is 6.92 Å². The number of hydrogen-bond donors (Lipinski definition) is 1. The molecule has 1 heterocycles. The Balaban J connectivity index is 2.08. The van der Waals surface area contributed by atoms with E-state index in [1.807, 2.05) is 42.5 Å². The van der Waals surface area contributed by atoms with E-state index in [-0.39, 0.29) is 5.56 Å². The summed E-state index contributed by atoms with van der Waals surface area (Å²) in [6.45, 7) is 1.73. The zero-order valence-electron chi connectivity index (χ0n) is 12.0. The number of hydrogen-bond acceptors (Lipinski definition) is 3. The van der Waals surface area contributed by atoms with Crippen molar-refractivity contribution < 1.29 is 0 Å². The summed E-state index contributed by atoms with van der Waals surface area (Å²) in [5.74, 6) is 0. The van der Waals surface area contributed by atoms with Crippen LogP contribution in [0.4, 0.5) is 0 Å². The van der Waals surface area contributed by atoms with Gasteiger partial charge in [-0.1, -0.05) is 48.5 Å². The fourth-order valence-electron chi connectivity index (χ4n) is 2.41. The molecule has 1 N–H and O–H groups in total. The molecule has 0 bridgehead atoms. The Kier molecular flexibility index (Phi) is 3.55. The average molecular weight is 287 g/mol. The quantitative estimate of drug-likeness (QED) is 0.786. The SMILES string of the molecule is Cc1c(/C=C/c2cccc3ccccc23)n[nH]c(=O)c1C#N. The Bertz CT molecular complexity index is 972. The highest BCUT2D eigenvalue weighted by Crippen LogP contribution is 2.20. The highest BCUT2D eigenvalue weighted by atomic mass is 16.1. The van der Waals surface area contributed by atoms with Crippen LogP contribution in [0.2, 0.25) is 0 Å².